The summed E-state index contributed by atoms with van der Waals surface area (Å²) in [6, 6.07) is 6.16. The molecule has 12 heteroatoms. The molecule has 0 radical (unpaired) electrons. The van der Waals surface area contributed by atoms with E-state index < -0.39 is 18.1 Å². The molecule has 38 heavy (non-hydrogen) atoms. The van der Waals surface area contributed by atoms with Crippen molar-refractivity contribution in [2.45, 2.75) is 37.0 Å². The Balaban J connectivity index is 1.35. The predicted octanol–water partition coefficient (Wildman–Crippen LogP) is 3.02. The van der Waals surface area contributed by atoms with Crippen LogP contribution in [0.5, 0.6) is 5.75 Å². The number of hydrogen-bond acceptors (Lipinski definition) is 8. The Kier molecular flexibility index (Phi) is 5.01. The van der Waals surface area contributed by atoms with Crippen molar-refractivity contribution in [3.05, 3.63) is 71.1 Å². The molecule has 1 amide bonds. The molecule has 3 unspecified atom stereocenters. The first-order valence-electron chi connectivity index (χ1n) is 12.3. The molecule has 5 heterocycles. The number of rotatable bonds is 4. The van der Waals surface area contributed by atoms with Crippen molar-refractivity contribution in [1.29, 1.82) is 0 Å². The lowest BCUT2D eigenvalue weighted by atomic mass is 9.89. The lowest BCUT2D eigenvalue weighted by Crippen LogP contribution is -2.38. The number of carbonyl (C=O) groups excluding carboxylic acids is 1. The van der Waals surface area contributed by atoms with Crippen LogP contribution < -0.4 is 10.5 Å². The normalized spacial score (nSPS) is 24.1. The first-order valence-corrected chi connectivity index (χ1v) is 12.3. The minimum Gasteiger partial charge on any atom is -0.434 e. The minimum atomic E-state index is -3.02. The fourth-order valence-corrected chi connectivity index (χ4v) is 5.86. The molecule has 2 aliphatic heterocycles. The van der Waals surface area contributed by atoms with Gasteiger partial charge in [0.25, 0.3) is 5.91 Å². The summed E-state index contributed by atoms with van der Waals surface area (Å²) in [6.07, 6.45) is 6.30. The average molecular weight is 520 g/mol. The van der Waals surface area contributed by atoms with Gasteiger partial charge in [0.05, 0.1) is 24.0 Å². The predicted molar refractivity (Wildman–Crippen MR) is 130 cm³/mol. The molecule has 2 bridgehead atoms. The minimum absolute atomic E-state index is 0.0103. The molecule has 7 rings (SSSR count). The molecule has 3 aliphatic rings. The zero-order valence-electron chi connectivity index (χ0n) is 20.3. The number of nitrogens with zero attached hydrogens (tertiary/aromatic N) is 6. The van der Waals surface area contributed by atoms with Crippen LogP contribution >= 0.6 is 0 Å². The van der Waals surface area contributed by atoms with Gasteiger partial charge in [-0.15, -0.1) is 0 Å². The summed E-state index contributed by atoms with van der Waals surface area (Å²) in [4.78, 5) is 28.8. The topological polar surface area (TPSA) is 121 Å². The molecule has 2 N–H and O–H groups in total. The van der Waals surface area contributed by atoms with E-state index in [9.17, 15) is 13.6 Å². The molecule has 1 saturated heterocycles. The highest BCUT2D eigenvalue weighted by Crippen LogP contribution is 2.53. The maximum absolute atomic E-state index is 13.3. The molecule has 0 saturated carbocycles. The van der Waals surface area contributed by atoms with E-state index in [2.05, 4.69) is 9.97 Å². The molecule has 10 nitrogen and oxygen atoms in total. The zero-order valence-corrected chi connectivity index (χ0v) is 20.3. The van der Waals surface area contributed by atoms with E-state index in [1.807, 2.05) is 6.07 Å². The van der Waals surface area contributed by atoms with Crippen LogP contribution in [0.15, 0.2) is 42.9 Å². The summed E-state index contributed by atoms with van der Waals surface area (Å²) in [6.45, 7) is -2.08. The van der Waals surface area contributed by atoms with Crippen molar-refractivity contribution >= 4 is 11.6 Å². The van der Waals surface area contributed by atoms with Gasteiger partial charge in [-0.25, -0.2) is 19.5 Å². The van der Waals surface area contributed by atoms with Crippen molar-refractivity contribution in [2.24, 2.45) is 5.73 Å². The molecular weight excluding hydrogens is 496 g/mol. The maximum Gasteiger partial charge on any atom is 0.387 e. The van der Waals surface area contributed by atoms with Crippen LogP contribution in [0.3, 0.4) is 0 Å². The summed E-state index contributed by atoms with van der Waals surface area (Å²) < 4.78 is 38.6. The quantitative estimate of drug-likeness (QED) is 0.437. The van der Waals surface area contributed by atoms with Crippen LogP contribution in [-0.2, 0) is 10.3 Å². The number of amides is 1. The van der Waals surface area contributed by atoms with E-state index in [1.165, 1.54) is 6.07 Å². The van der Waals surface area contributed by atoms with Crippen LogP contribution in [0.25, 0.3) is 16.9 Å². The Morgan fingerprint density at radius 1 is 1.21 bits per heavy atom. The second-order valence-corrected chi connectivity index (χ2v) is 9.95. The average Bonchev–Trinajstić information content (AvgIpc) is 3.60. The van der Waals surface area contributed by atoms with Gasteiger partial charge in [0, 0.05) is 60.4 Å². The van der Waals surface area contributed by atoms with E-state index in [4.69, 9.17) is 25.3 Å². The molecule has 3 atom stereocenters. The van der Waals surface area contributed by atoms with Crippen LogP contribution in [0.1, 0.15) is 57.8 Å². The summed E-state index contributed by atoms with van der Waals surface area (Å²) in [7, 11) is 1.70. The Morgan fingerprint density at radius 2 is 2.03 bits per heavy atom. The lowest BCUT2D eigenvalue weighted by molar-refractivity contribution is -0.0505. The molecule has 194 valence electrons. The third-order valence-corrected chi connectivity index (χ3v) is 7.77. The zero-order chi connectivity index (χ0) is 26.2. The number of benzene rings is 1. The Bertz CT molecular complexity index is 1580. The van der Waals surface area contributed by atoms with Gasteiger partial charge in [0.2, 0.25) is 0 Å². The van der Waals surface area contributed by atoms with Crippen molar-refractivity contribution in [2.75, 3.05) is 20.3 Å². The lowest BCUT2D eigenvalue weighted by Gasteiger charge is -2.23. The third kappa shape index (κ3) is 3.33. The molecule has 0 spiro atoms. The summed E-state index contributed by atoms with van der Waals surface area (Å²) >= 11 is 0. The fraction of sp³-hybridized carbons (Fsp3) is 0.346. The number of halogens is 2. The highest BCUT2D eigenvalue weighted by Gasteiger charge is 2.46. The summed E-state index contributed by atoms with van der Waals surface area (Å²) in [5, 5.41) is 4.75. The smallest absolute Gasteiger partial charge is 0.387 e. The first kappa shape index (κ1) is 23.1. The number of nitrogens with two attached hydrogens (primary N) is 1. The van der Waals surface area contributed by atoms with Crippen LogP contribution in [0.4, 0.5) is 8.78 Å². The first-order chi connectivity index (χ1) is 18.3. The number of fused-ring (bicyclic) bond motifs is 9. The maximum atomic E-state index is 13.3. The van der Waals surface area contributed by atoms with Gasteiger partial charge in [-0.1, -0.05) is 6.07 Å². The molecule has 1 aliphatic carbocycles. The molecule has 4 aromatic rings. The van der Waals surface area contributed by atoms with Crippen LogP contribution in [0.2, 0.25) is 0 Å². The largest absolute Gasteiger partial charge is 0.434 e. The standard InChI is InChI=1S/C26H23F2N7O3/c1-34-17-9-15(19-14(23(34)36)3-2-4-18(19)38-25(27)28)20-21(17)33-35-7-5-16(32-22(20)35)13-10-30-24(31-11-13)26(29)6-8-37-12-26/h2-5,7,10-11,15,17,25H,6,8-9,12,29H2,1H3. The van der Waals surface area contributed by atoms with E-state index in [0.29, 0.717) is 65.6 Å². The highest BCUT2D eigenvalue weighted by atomic mass is 19.3. The summed E-state index contributed by atoms with van der Waals surface area (Å²) in [5.74, 6) is -0.145. The second kappa shape index (κ2) is 8.23. The van der Waals surface area contributed by atoms with Crippen molar-refractivity contribution in [1.82, 2.24) is 29.5 Å². The van der Waals surface area contributed by atoms with Gasteiger partial charge >= 0.3 is 6.61 Å². The highest BCUT2D eigenvalue weighted by molar-refractivity contribution is 5.98. The third-order valence-electron chi connectivity index (χ3n) is 7.77. The summed E-state index contributed by atoms with van der Waals surface area (Å²) in [5.41, 5.74) is 9.87. The second-order valence-electron chi connectivity index (χ2n) is 9.95. The van der Waals surface area contributed by atoms with E-state index in [-0.39, 0.29) is 17.7 Å². The van der Waals surface area contributed by atoms with E-state index >= 15 is 0 Å². The number of aromatic nitrogens is 5. The Labute approximate surface area is 215 Å². The van der Waals surface area contributed by atoms with Crippen LogP contribution in [0, 0.1) is 0 Å². The number of carbonyl (C=O) groups is 1. The van der Waals surface area contributed by atoms with Gasteiger partial charge < -0.3 is 20.1 Å². The molecule has 3 aromatic heterocycles. The van der Waals surface area contributed by atoms with Crippen molar-refractivity contribution < 1.29 is 23.0 Å². The van der Waals surface area contributed by atoms with Crippen LogP contribution in [-0.4, -0.2) is 62.2 Å². The molecule has 1 aromatic carbocycles. The van der Waals surface area contributed by atoms with Gasteiger partial charge in [0.1, 0.15) is 17.1 Å². The molecular formula is C26H23F2N7O3. The van der Waals surface area contributed by atoms with E-state index in [1.54, 1.807) is 47.2 Å². The monoisotopic (exact) mass is 519 g/mol. The molecule has 1 fully saturated rings. The van der Waals surface area contributed by atoms with Crippen molar-refractivity contribution in [3.8, 4) is 17.0 Å². The van der Waals surface area contributed by atoms with E-state index in [0.717, 1.165) is 5.56 Å². The number of hydrogen-bond donors (Lipinski definition) is 1. The van der Waals surface area contributed by atoms with Crippen molar-refractivity contribution in [3.63, 3.8) is 0 Å². The SMILES string of the molecule is CN1C(=O)c2cccc(OC(F)F)c2C2CC1c1nn3ccc(-c4cnc(C5(N)CCOC5)nc4)nc3c12. The van der Waals surface area contributed by atoms with Gasteiger partial charge in [-0.05, 0) is 31.0 Å². The fourth-order valence-electron chi connectivity index (χ4n) is 5.86. The Morgan fingerprint density at radius 3 is 2.76 bits per heavy atom. The van der Waals surface area contributed by atoms with Gasteiger partial charge in [-0.3, -0.25) is 4.79 Å². The Hall–Kier alpha value is -4.03. The number of ether oxygens (including phenoxy) is 2. The van der Waals surface area contributed by atoms with Gasteiger partial charge in [0.15, 0.2) is 5.65 Å². The van der Waals surface area contributed by atoms with Gasteiger partial charge in [-0.2, -0.15) is 13.9 Å². The number of alkyl halides is 2.